The first-order valence-electron chi connectivity index (χ1n) is 4.88. The summed E-state index contributed by atoms with van der Waals surface area (Å²) in [4.78, 5) is 4.26. The SMILES string of the molecule is CCC(C)CC(C)(C)C(C)=NC. The molecule has 0 spiro atoms. The molecule has 0 aromatic rings. The minimum atomic E-state index is 0.282. The number of nitrogens with zero attached hydrogens (tertiary/aromatic N) is 1. The number of hydrogen-bond donors (Lipinski definition) is 0. The van der Waals surface area contributed by atoms with Crippen LogP contribution in [0.2, 0.25) is 0 Å². The standard InChI is InChI=1S/C11H23N/c1-7-9(2)8-11(4,5)10(3)12-6/h9H,7-8H2,1-6H3. The van der Waals surface area contributed by atoms with Gasteiger partial charge in [0.25, 0.3) is 0 Å². The molecule has 0 heterocycles. The van der Waals surface area contributed by atoms with Crippen LogP contribution >= 0.6 is 0 Å². The summed E-state index contributed by atoms with van der Waals surface area (Å²) in [5.74, 6) is 0.802. The summed E-state index contributed by atoms with van der Waals surface area (Å²) in [5, 5.41) is 0. The molecule has 0 amide bonds. The molecule has 0 aliphatic carbocycles. The number of aliphatic imine (C=N–C) groups is 1. The van der Waals surface area contributed by atoms with Crippen molar-refractivity contribution in [2.24, 2.45) is 16.3 Å². The maximum absolute atomic E-state index is 4.26. The van der Waals surface area contributed by atoms with Gasteiger partial charge < -0.3 is 0 Å². The van der Waals surface area contributed by atoms with Gasteiger partial charge >= 0.3 is 0 Å². The molecule has 0 fully saturated rings. The minimum absolute atomic E-state index is 0.282. The van der Waals surface area contributed by atoms with Crippen molar-refractivity contribution in [1.29, 1.82) is 0 Å². The van der Waals surface area contributed by atoms with Crippen LogP contribution in [0, 0.1) is 11.3 Å². The zero-order chi connectivity index (χ0) is 9.78. The molecule has 0 radical (unpaired) electrons. The molecule has 0 aromatic heterocycles. The molecule has 1 heteroatoms. The van der Waals surface area contributed by atoms with E-state index in [4.69, 9.17) is 0 Å². The van der Waals surface area contributed by atoms with Crippen LogP contribution in [-0.4, -0.2) is 12.8 Å². The van der Waals surface area contributed by atoms with Gasteiger partial charge in [0.2, 0.25) is 0 Å². The first kappa shape index (κ1) is 11.7. The van der Waals surface area contributed by atoms with Crippen LogP contribution in [0.3, 0.4) is 0 Å². The van der Waals surface area contributed by atoms with Gasteiger partial charge in [-0.2, -0.15) is 0 Å². The van der Waals surface area contributed by atoms with Crippen LogP contribution in [0.1, 0.15) is 47.5 Å². The van der Waals surface area contributed by atoms with Gasteiger partial charge in [0.15, 0.2) is 0 Å². The van der Waals surface area contributed by atoms with Gasteiger partial charge in [0, 0.05) is 18.2 Å². The average molecular weight is 169 g/mol. The van der Waals surface area contributed by atoms with Gasteiger partial charge in [-0.1, -0.05) is 34.1 Å². The molecule has 0 rings (SSSR count). The Hall–Kier alpha value is -0.330. The van der Waals surface area contributed by atoms with E-state index in [1.807, 2.05) is 7.05 Å². The smallest absolute Gasteiger partial charge is 0.0276 e. The lowest BCUT2D eigenvalue weighted by molar-refractivity contribution is 0.365. The molecule has 0 saturated heterocycles. The molecule has 0 bridgehead atoms. The van der Waals surface area contributed by atoms with E-state index < -0.39 is 0 Å². The molecule has 12 heavy (non-hydrogen) atoms. The summed E-state index contributed by atoms with van der Waals surface area (Å²) in [6.07, 6.45) is 2.51. The van der Waals surface area contributed by atoms with E-state index >= 15 is 0 Å². The predicted molar refractivity (Wildman–Crippen MR) is 56.9 cm³/mol. The highest BCUT2D eigenvalue weighted by molar-refractivity contribution is 5.87. The Bertz CT molecular complexity index is 156. The van der Waals surface area contributed by atoms with Crippen LogP contribution in [-0.2, 0) is 0 Å². The van der Waals surface area contributed by atoms with Crippen molar-refractivity contribution in [1.82, 2.24) is 0 Å². The van der Waals surface area contributed by atoms with Crippen molar-refractivity contribution in [3.63, 3.8) is 0 Å². The Labute approximate surface area is 77.3 Å². The Kier molecular flexibility index (Phi) is 4.51. The monoisotopic (exact) mass is 169 g/mol. The van der Waals surface area contributed by atoms with E-state index in [9.17, 15) is 0 Å². The Morgan fingerprint density at radius 2 is 1.92 bits per heavy atom. The molecule has 0 aliphatic rings. The summed E-state index contributed by atoms with van der Waals surface area (Å²) in [6.45, 7) is 11.2. The maximum atomic E-state index is 4.26. The van der Waals surface area contributed by atoms with Gasteiger partial charge in [-0.25, -0.2) is 0 Å². The van der Waals surface area contributed by atoms with Gasteiger partial charge in [-0.05, 0) is 19.3 Å². The second-order valence-electron chi connectivity index (χ2n) is 4.41. The summed E-state index contributed by atoms with van der Waals surface area (Å²) in [6, 6.07) is 0. The Balaban J connectivity index is 4.22. The van der Waals surface area contributed by atoms with Gasteiger partial charge in [-0.15, -0.1) is 0 Å². The Morgan fingerprint density at radius 1 is 1.42 bits per heavy atom. The molecule has 0 aromatic carbocycles. The highest BCUT2D eigenvalue weighted by Crippen LogP contribution is 2.28. The Morgan fingerprint density at radius 3 is 2.25 bits per heavy atom. The third kappa shape index (κ3) is 3.38. The zero-order valence-electron chi connectivity index (χ0n) is 9.44. The number of rotatable bonds is 4. The lowest BCUT2D eigenvalue weighted by atomic mass is 9.79. The quantitative estimate of drug-likeness (QED) is 0.571. The molecular formula is C11H23N. The van der Waals surface area contributed by atoms with Gasteiger partial charge in [-0.3, -0.25) is 4.99 Å². The van der Waals surface area contributed by atoms with Crippen LogP contribution < -0.4 is 0 Å². The molecule has 1 unspecified atom stereocenters. The predicted octanol–water partition coefficient (Wildman–Crippen LogP) is 3.54. The van der Waals surface area contributed by atoms with Crippen molar-refractivity contribution >= 4 is 5.71 Å². The van der Waals surface area contributed by atoms with Crippen LogP contribution in [0.5, 0.6) is 0 Å². The molecule has 0 aliphatic heterocycles. The lowest BCUT2D eigenvalue weighted by Crippen LogP contribution is -2.24. The first-order valence-corrected chi connectivity index (χ1v) is 4.88. The molecule has 1 nitrogen and oxygen atoms in total. The van der Waals surface area contributed by atoms with Gasteiger partial charge in [0.05, 0.1) is 0 Å². The maximum Gasteiger partial charge on any atom is 0.0276 e. The number of hydrogen-bond acceptors (Lipinski definition) is 1. The highest BCUT2D eigenvalue weighted by Gasteiger charge is 2.22. The molecule has 72 valence electrons. The fourth-order valence-electron chi connectivity index (χ4n) is 1.47. The molecule has 0 N–H and O–H groups in total. The second kappa shape index (κ2) is 4.64. The van der Waals surface area contributed by atoms with Crippen molar-refractivity contribution in [3.05, 3.63) is 0 Å². The summed E-state index contributed by atoms with van der Waals surface area (Å²) < 4.78 is 0. The van der Waals surface area contributed by atoms with Gasteiger partial charge in [0.1, 0.15) is 0 Å². The molecule has 0 saturated carbocycles. The van der Waals surface area contributed by atoms with E-state index in [0.29, 0.717) is 0 Å². The van der Waals surface area contributed by atoms with Crippen molar-refractivity contribution < 1.29 is 0 Å². The topological polar surface area (TPSA) is 12.4 Å². The average Bonchev–Trinajstić information content (AvgIpc) is 2.02. The van der Waals surface area contributed by atoms with E-state index in [-0.39, 0.29) is 5.41 Å². The third-order valence-electron chi connectivity index (χ3n) is 2.87. The lowest BCUT2D eigenvalue weighted by Gasteiger charge is -2.27. The van der Waals surface area contributed by atoms with Crippen LogP contribution in [0.4, 0.5) is 0 Å². The van der Waals surface area contributed by atoms with Crippen molar-refractivity contribution in [2.45, 2.75) is 47.5 Å². The van der Waals surface area contributed by atoms with Crippen LogP contribution in [0.25, 0.3) is 0 Å². The minimum Gasteiger partial charge on any atom is -0.297 e. The van der Waals surface area contributed by atoms with E-state index in [0.717, 1.165) is 5.92 Å². The largest absolute Gasteiger partial charge is 0.297 e. The highest BCUT2D eigenvalue weighted by atomic mass is 14.7. The summed E-state index contributed by atoms with van der Waals surface area (Å²) >= 11 is 0. The first-order chi connectivity index (χ1) is 5.44. The zero-order valence-corrected chi connectivity index (χ0v) is 9.44. The van der Waals surface area contributed by atoms with Crippen molar-refractivity contribution in [3.8, 4) is 0 Å². The normalized spacial score (nSPS) is 16.3. The van der Waals surface area contributed by atoms with E-state index in [1.54, 1.807) is 0 Å². The summed E-state index contributed by atoms with van der Waals surface area (Å²) in [7, 11) is 1.88. The van der Waals surface area contributed by atoms with E-state index in [2.05, 4.69) is 39.6 Å². The molecular weight excluding hydrogens is 146 g/mol. The fraction of sp³-hybridized carbons (Fsp3) is 0.909. The third-order valence-corrected chi connectivity index (χ3v) is 2.87. The second-order valence-corrected chi connectivity index (χ2v) is 4.41. The van der Waals surface area contributed by atoms with Crippen LogP contribution in [0.15, 0.2) is 4.99 Å². The molecule has 1 atom stereocenters. The fourth-order valence-corrected chi connectivity index (χ4v) is 1.47. The summed E-state index contributed by atoms with van der Waals surface area (Å²) in [5.41, 5.74) is 1.55. The van der Waals surface area contributed by atoms with Crippen molar-refractivity contribution in [2.75, 3.05) is 7.05 Å². The van der Waals surface area contributed by atoms with E-state index in [1.165, 1.54) is 18.6 Å².